The fourth-order valence-electron chi connectivity index (χ4n) is 4.01. The highest BCUT2D eigenvalue weighted by Gasteiger charge is 2.37. The summed E-state index contributed by atoms with van der Waals surface area (Å²) in [4.78, 5) is 75.9. The van der Waals surface area contributed by atoms with E-state index in [0.29, 0.717) is 11.1 Å². The molecule has 0 saturated carbocycles. The van der Waals surface area contributed by atoms with Crippen LogP contribution in [-0.4, -0.2) is 75.3 Å². The molecule has 0 heterocycles. The highest BCUT2D eigenvalue weighted by atomic mass is 32.1. The van der Waals surface area contributed by atoms with Gasteiger partial charge >= 0.3 is 5.97 Å². The van der Waals surface area contributed by atoms with E-state index < -0.39 is 70.8 Å². The van der Waals surface area contributed by atoms with E-state index in [1.165, 1.54) is 0 Å². The van der Waals surface area contributed by atoms with E-state index in [-0.39, 0.29) is 18.6 Å². The Balaban J connectivity index is 2.26. The molecule has 43 heavy (non-hydrogen) atoms. The smallest absolute Gasteiger partial charge is 0.305 e. The quantitative estimate of drug-likeness (QED) is 0.119. The van der Waals surface area contributed by atoms with Crippen LogP contribution in [0.4, 0.5) is 0 Å². The molecule has 0 aromatic heterocycles. The standard InChI is InChI=1S/C29H37N5O7S2/c1-29(2,43)24(34-22(35)14-18-11-7-4-8-12-18)28(41)32-20(15-23(36)37)27(40)31-19(13-17-9-5-3-6-10-17)26(39)33-21(16-42)25(30)38/h3-12,19-21,24,42-43H,13-16H2,1-2H3,(H2,30,38)(H,31,40)(H,32,41)(H,33,39)(H,34,35)(H,36,37)/t19-,20-,21-,24+/m0/s1. The van der Waals surface area contributed by atoms with Gasteiger partial charge in [-0.2, -0.15) is 25.3 Å². The zero-order chi connectivity index (χ0) is 32.2. The van der Waals surface area contributed by atoms with Crippen LogP contribution < -0.4 is 27.0 Å². The molecule has 14 heteroatoms. The molecule has 12 nitrogen and oxygen atoms in total. The van der Waals surface area contributed by atoms with Gasteiger partial charge in [-0.05, 0) is 25.0 Å². The lowest BCUT2D eigenvalue weighted by Crippen LogP contribution is -2.61. The number of thiol groups is 2. The fraction of sp³-hybridized carbons (Fsp3) is 0.379. The Hall–Kier alpha value is -4.04. The average molecular weight is 632 g/mol. The van der Waals surface area contributed by atoms with E-state index in [9.17, 15) is 33.9 Å². The minimum atomic E-state index is -1.63. The summed E-state index contributed by atoms with van der Waals surface area (Å²) >= 11 is 8.46. The Labute approximate surface area is 260 Å². The van der Waals surface area contributed by atoms with Gasteiger partial charge in [-0.1, -0.05) is 60.7 Å². The van der Waals surface area contributed by atoms with Crippen molar-refractivity contribution in [3.05, 3.63) is 71.8 Å². The Bertz CT molecular complexity index is 1290. The number of benzene rings is 2. The zero-order valence-electron chi connectivity index (χ0n) is 23.8. The number of aliphatic carboxylic acids is 1. The predicted octanol–water partition coefficient (Wildman–Crippen LogP) is 0.00920. The average Bonchev–Trinajstić information content (AvgIpc) is 2.93. The summed E-state index contributed by atoms with van der Waals surface area (Å²) < 4.78 is -1.12. The van der Waals surface area contributed by atoms with Crippen LogP contribution in [0.1, 0.15) is 31.4 Å². The van der Waals surface area contributed by atoms with Crippen molar-refractivity contribution in [2.45, 2.75) is 62.0 Å². The zero-order valence-corrected chi connectivity index (χ0v) is 25.6. The third-order valence-electron chi connectivity index (χ3n) is 6.25. The predicted molar refractivity (Wildman–Crippen MR) is 166 cm³/mol. The van der Waals surface area contributed by atoms with Gasteiger partial charge in [0.05, 0.1) is 12.8 Å². The van der Waals surface area contributed by atoms with Gasteiger partial charge in [-0.15, -0.1) is 0 Å². The number of carboxylic acids is 1. The van der Waals surface area contributed by atoms with Crippen LogP contribution in [0.2, 0.25) is 0 Å². The van der Waals surface area contributed by atoms with Crippen molar-refractivity contribution >= 4 is 60.8 Å². The molecule has 0 aliphatic rings. The Morgan fingerprint density at radius 1 is 0.767 bits per heavy atom. The normalized spacial score (nSPS) is 13.9. The molecule has 2 aromatic rings. The summed E-state index contributed by atoms with van der Waals surface area (Å²) in [6.07, 6.45) is -0.871. The molecule has 0 aliphatic carbocycles. The second-order valence-corrected chi connectivity index (χ2v) is 11.9. The molecular weight excluding hydrogens is 594 g/mol. The van der Waals surface area contributed by atoms with Gasteiger partial charge in [-0.25, -0.2) is 0 Å². The van der Waals surface area contributed by atoms with Crippen LogP contribution in [-0.2, 0) is 41.6 Å². The lowest BCUT2D eigenvalue weighted by molar-refractivity contribution is -0.141. The molecule has 0 unspecified atom stereocenters. The Kier molecular flexibility index (Phi) is 13.5. The highest BCUT2D eigenvalue weighted by Crippen LogP contribution is 2.19. The van der Waals surface area contributed by atoms with Gasteiger partial charge in [0.15, 0.2) is 0 Å². The first-order valence-electron chi connectivity index (χ1n) is 13.3. The third-order valence-corrected chi connectivity index (χ3v) is 6.87. The first-order chi connectivity index (χ1) is 20.2. The molecular formula is C29H37N5O7S2. The number of carboxylic acid groups (broad SMARTS) is 1. The molecule has 4 atom stereocenters. The number of primary amides is 1. The van der Waals surface area contributed by atoms with Gasteiger partial charge in [0.2, 0.25) is 29.5 Å². The molecule has 0 radical (unpaired) electrons. The number of hydrogen-bond acceptors (Lipinski definition) is 8. The Morgan fingerprint density at radius 2 is 1.26 bits per heavy atom. The maximum Gasteiger partial charge on any atom is 0.305 e. The van der Waals surface area contributed by atoms with Gasteiger partial charge < -0.3 is 32.1 Å². The van der Waals surface area contributed by atoms with Crippen LogP contribution in [0.25, 0.3) is 0 Å². The molecule has 5 amide bonds. The van der Waals surface area contributed by atoms with Crippen LogP contribution in [0.15, 0.2) is 60.7 Å². The van der Waals surface area contributed by atoms with Crippen molar-refractivity contribution in [3.63, 3.8) is 0 Å². The van der Waals surface area contributed by atoms with Gasteiger partial charge in [0, 0.05) is 16.9 Å². The lowest BCUT2D eigenvalue weighted by Gasteiger charge is -2.31. The van der Waals surface area contributed by atoms with Crippen LogP contribution in [0.3, 0.4) is 0 Å². The third kappa shape index (κ3) is 12.0. The van der Waals surface area contributed by atoms with E-state index in [1.807, 2.05) is 0 Å². The van der Waals surface area contributed by atoms with Gasteiger partial charge in [0.25, 0.3) is 0 Å². The van der Waals surface area contributed by atoms with Gasteiger partial charge in [-0.3, -0.25) is 28.8 Å². The second kappa shape index (κ2) is 16.6. The monoisotopic (exact) mass is 631 g/mol. The maximum absolute atomic E-state index is 13.4. The van der Waals surface area contributed by atoms with E-state index in [4.69, 9.17) is 5.73 Å². The van der Waals surface area contributed by atoms with E-state index >= 15 is 0 Å². The van der Waals surface area contributed by atoms with E-state index in [2.05, 4.69) is 46.5 Å². The summed E-state index contributed by atoms with van der Waals surface area (Å²) in [7, 11) is 0. The van der Waals surface area contributed by atoms with Crippen molar-refractivity contribution < 1.29 is 33.9 Å². The van der Waals surface area contributed by atoms with E-state index in [1.54, 1.807) is 74.5 Å². The molecule has 0 spiro atoms. The molecule has 7 N–H and O–H groups in total. The van der Waals surface area contributed by atoms with Gasteiger partial charge in [0.1, 0.15) is 24.2 Å². The van der Waals surface area contributed by atoms with Crippen molar-refractivity contribution in [1.29, 1.82) is 0 Å². The topological polar surface area (TPSA) is 197 Å². The van der Waals surface area contributed by atoms with Crippen molar-refractivity contribution in [2.24, 2.45) is 5.73 Å². The minimum absolute atomic E-state index is 0.0218. The minimum Gasteiger partial charge on any atom is -0.481 e. The summed E-state index contributed by atoms with van der Waals surface area (Å²) in [6, 6.07) is 12.2. The fourth-order valence-corrected chi connectivity index (χ4v) is 4.46. The number of nitrogens with one attached hydrogen (secondary N) is 4. The van der Waals surface area contributed by atoms with Crippen LogP contribution in [0, 0.1) is 0 Å². The van der Waals surface area contributed by atoms with Crippen molar-refractivity contribution in [1.82, 2.24) is 21.3 Å². The van der Waals surface area contributed by atoms with Crippen LogP contribution >= 0.6 is 25.3 Å². The molecule has 0 saturated heterocycles. The SMILES string of the molecule is CC(C)(S)[C@H](NC(=O)Cc1ccccc1)C(=O)N[C@@H](CC(=O)O)C(=O)N[C@@H](Cc1ccccc1)C(=O)N[C@@H](CS)C(N)=O. The number of carbonyl (C=O) groups is 6. The molecule has 0 aliphatic heterocycles. The number of rotatable bonds is 16. The van der Waals surface area contributed by atoms with Crippen molar-refractivity contribution in [2.75, 3.05) is 5.75 Å². The number of carbonyl (C=O) groups excluding carboxylic acids is 5. The number of nitrogens with two attached hydrogens (primary N) is 1. The largest absolute Gasteiger partial charge is 0.481 e. The summed E-state index contributed by atoms with van der Waals surface area (Å²) in [5, 5.41) is 19.4. The summed E-state index contributed by atoms with van der Waals surface area (Å²) in [6.45, 7) is 3.15. The number of hydrogen-bond donors (Lipinski definition) is 8. The molecule has 2 aromatic carbocycles. The molecule has 2 rings (SSSR count). The molecule has 0 fully saturated rings. The lowest BCUT2D eigenvalue weighted by atomic mass is 10.00. The first-order valence-corrected chi connectivity index (χ1v) is 14.4. The van der Waals surface area contributed by atoms with Crippen LogP contribution in [0.5, 0.6) is 0 Å². The first kappa shape index (κ1) is 35.2. The Morgan fingerprint density at radius 3 is 1.74 bits per heavy atom. The molecule has 232 valence electrons. The van der Waals surface area contributed by atoms with E-state index in [0.717, 1.165) is 0 Å². The maximum atomic E-state index is 13.4. The highest BCUT2D eigenvalue weighted by molar-refractivity contribution is 7.81. The number of amides is 5. The summed E-state index contributed by atoms with van der Waals surface area (Å²) in [5.41, 5.74) is 6.67. The second-order valence-electron chi connectivity index (χ2n) is 10.4. The van der Waals surface area contributed by atoms with Crippen molar-refractivity contribution in [3.8, 4) is 0 Å². The summed E-state index contributed by atoms with van der Waals surface area (Å²) in [5.74, 6) is -5.40. The molecule has 0 bridgehead atoms.